The highest BCUT2D eigenvalue weighted by Crippen LogP contribution is 2.46. The third-order valence-corrected chi connectivity index (χ3v) is 11.3. The van der Waals surface area contributed by atoms with Gasteiger partial charge in [-0.15, -0.1) is 0 Å². The zero-order chi connectivity index (χ0) is 29.1. The zero-order valence-electron chi connectivity index (χ0n) is 23.3. The van der Waals surface area contributed by atoms with Crippen LogP contribution in [0.3, 0.4) is 0 Å². The van der Waals surface area contributed by atoms with E-state index in [1.165, 1.54) is 22.1 Å². The van der Waals surface area contributed by atoms with Crippen LogP contribution in [0, 0.1) is 11.8 Å². The molecule has 0 aromatic heterocycles. The van der Waals surface area contributed by atoms with Crippen molar-refractivity contribution in [3.63, 3.8) is 0 Å². The Labute approximate surface area is 250 Å². The fourth-order valence-electron chi connectivity index (χ4n) is 7.35. The number of urea groups is 1. The maximum absolute atomic E-state index is 13.5. The Morgan fingerprint density at radius 2 is 1.86 bits per heavy atom. The molecule has 5 aliphatic rings. The number of benzene rings is 2. The van der Waals surface area contributed by atoms with Gasteiger partial charge in [0.05, 0.1) is 23.7 Å². The van der Waals surface area contributed by atoms with Gasteiger partial charge in [-0.2, -0.15) is 0 Å². The van der Waals surface area contributed by atoms with Crippen LogP contribution < -0.4 is 19.7 Å². The van der Waals surface area contributed by atoms with Gasteiger partial charge in [0.15, 0.2) is 0 Å². The van der Waals surface area contributed by atoms with Gasteiger partial charge >= 0.3 is 12.1 Å². The van der Waals surface area contributed by atoms with Gasteiger partial charge in [-0.3, -0.25) is 0 Å². The minimum atomic E-state index is -4.17. The highest BCUT2D eigenvalue weighted by atomic mass is 35.5. The molecule has 1 spiro atoms. The van der Waals surface area contributed by atoms with E-state index in [2.05, 4.69) is 27.1 Å². The number of ether oxygens (including phenoxy) is 2. The second-order valence-corrected chi connectivity index (χ2v) is 14.5. The van der Waals surface area contributed by atoms with Gasteiger partial charge in [0.1, 0.15) is 11.9 Å². The van der Waals surface area contributed by atoms with Crippen molar-refractivity contribution in [2.75, 3.05) is 44.2 Å². The van der Waals surface area contributed by atoms with Crippen LogP contribution >= 0.6 is 11.6 Å². The number of sulfonamides is 1. The predicted octanol–water partition coefficient (Wildman–Crippen LogP) is 4.05. The molecular formula is C30H35ClN4O6S. The summed E-state index contributed by atoms with van der Waals surface area (Å²) in [6.07, 6.45) is 4.38. The minimum absolute atomic E-state index is 0.00768. The smallest absolute Gasteiger partial charge is 0.407 e. The molecule has 3 amide bonds. The molecule has 4 atom stereocenters. The topological polar surface area (TPSA) is 117 Å². The predicted molar refractivity (Wildman–Crippen MR) is 157 cm³/mol. The monoisotopic (exact) mass is 614 g/mol. The van der Waals surface area contributed by atoms with Crippen molar-refractivity contribution in [1.82, 2.24) is 14.9 Å². The first-order valence-corrected chi connectivity index (χ1v) is 16.6. The molecule has 1 saturated carbocycles. The number of nitrogens with one attached hydrogen (secondary N) is 2. The minimum Gasteiger partial charge on any atom is -0.490 e. The molecule has 3 aliphatic heterocycles. The fraction of sp³-hybridized carbons (Fsp3) is 0.533. The summed E-state index contributed by atoms with van der Waals surface area (Å²) in [4.78, 5) is 29.2. The van der Waals surface area contributed by atoms with Crippen LogP contribution in [-0.4, -0.2) is 70.9 Å². The van der Waals surface area contributed by atoms with E-state index in [9.17, 15) is 18.0 Å². The van der Waals surface area contributed by atoms with Crippen LogP contribution in [0.2, 0.25) is 5.02 Å². The number of alkyl carbamates (subject to hydrolysis) is 1. The average molecular weight is 615 g/mol. The van der Waals surface area contributed by atoms with Crippen molar-refractivity contribution in [2.24, 2.45) is 11.8 Å². The van der Waals surface area contributed by atoms with E-state index < -0.39 is 28.3 Å². The number of carbonyl (C=O) groups excluding carboxylic acids is 2. The molecule has 0 radical (unpaired) electrons. The third kappa shape index (κ3) is 5.04. The summed E-state index contributed by atoms with van der Waals surface area (Å²) in [7, 11) is -4.17. The molecule has 2 aromatic carbocycles. The largest absolute Gasteiger partial charge is 0.490 e. The number of anilines is 1. The summed E-state index contributed by atoms with van der Waals surface area (Å²) >= 11 is 6.37. The summed E-state index contributed by atoms with van der Waals surface area (Å²) < 4.78 is 41.2. The normalized spacial score (nSPS) is 30.4. The molecule has 2 aromatic rings. The first-order valence-electron chi connectivity index (χ1n) is 14.8. The van der Waals surface area contributed by atoms with Crippen LogP contribution in [-0.2, 0) is 26.6 Å². The van der Waals surface area contributed by atoms with Crippen molar-refractivity contribution in [3.8, 4) is 5.75 Å². The summed E-state index contributed by atoms with van der Waals surface area (Å²) in [5.41, 5.74) is 2.87. The van der Waals surface area contributed by atoms with Crippen LogP contribution in [0.15, 0.2) is 41.3 Å². The van der Waals surface area contributed by atoms with Crippen molar-refractivity contribution in [3.05, 3.63) is 52.5 Å². The number of hydrogen-bond donors (Lipinski definition) is 2. The van der Waals surface area contributed by atoms with Crippen LogP contribution in [0.1, 0.15) is 43.2 Å². The molecule has 1 unspecified atom stereocenters. The van der Waals surface area contributed by atoms with E-state index in [-0.39, 0.29) is 22.8 Å². The lowest BCUT2D eigenvalue weighted by molar-refractivity contribution is 0.0949. The molecule has 12 heteroatoms. The van der Waals surface area contributed by atoms with Crippen LogP contribution in [0.5, 0.6) is 5.75 Å². The van der Waals surface area contributed by atoms with E-state index in [0.717, 1.165) is 32.1 Å². The van der Waals surface area contributed by atoms with Gasteiger partial charge in [0.25, 0.3) is 10.0 Å². The first-order chi connectivity index (χ1) is 20.2. The van der Waals surface area contributed by atoms with Crippen molar-refractivity contribution in [2.45, 2.75) is 54.9 Å². The Hall–Kier alpha value is -3.18. The fourth-order valence-corrected chi connectivity index (χ4v) is 8.53. The number of amides is 3. The summed E-state index contributed by atoms with van der Waals surface area (Å²) in [5, 5.41) is 3.65. The van der Waals surface area contributed by atoms with E-state index >= 15 is 0 Å². The lowest BCUT2D eigenvalue weighted by Crippen LogP contribution is -2.49. The molecule has 1 saturated heterocycles. The lowest BCUT2D eigenvalue weighted by Gasteiger charge is -2.44. The molecule has 2 fully saturated rings. The van der Waals surface area contributed by atoms with Crippen LogP contribution in [0.4, 0.5) is 15.3 Å². The molecular weight excluding hydrogens is 580 g/mol. The number of hydrogen-bond acceptors (Lipinski definition) is 7. The molecule has 3 heterocycles. The van der Waals surface area contributed by atoms with Gasteiger partial charge in [0.2, 0.25) is 0 Å². The number of halogens is 1. The Morgan fingerprint density at radius 3 is 2.69 bits per heavy atom. The average Bonchev–Trinajstić information content (AvgIpc) is 3.35. The number of aryl methyl sites for hydroxylation is 1. The van der Waals surface area contributed by atoms with Gasteiger partial charge in [-0.05, 0) is 85.4 Å². The standard InChI is InChI=1S/C30H35ClN4O6S/c31-22-5-7-25-19(12-22)2-1-10-30(25)17-35-15-21-4-3-20(21)14-32-29(37)41-23-9-11-34(16-23)28(36)33-42(38,39)24-6-8-27(40-18-30)26(35)13-24/h5-8,12-13,20-21,23H,1-4,9-11,14-18H2,(H,32,37)(H,33,36)/t20-,21-,23?,30-/m0/s1. The maximum Gasteiger partial charge on any atom is 0.407 e. The second-order valence-electron chi connectivity index (χ2n) is 12.4. The van der Waals surface area contributed by atoms with Gasteiger partial charge in [0, 0.05) is 43.0 Å². The van der Waals surface area contributed by atoms with E-state index in [1.807, 2.05) is 6.07 Å². The SMILES string of the molecule is O=C1NC[C@@H]2CC[C@H]2CN2C[C@@]3(CCCc4cc(Cl)ccc43)COc3ccc(cc32)S(=O)(=O)NC(=O)N2CCC(C2)O1. The third-order valence-electron chi connectivity index (χ3n) is 9.78. The lowest BCUT2D eigenvalue weighted by atomic mass is 9.69. The maximum atomic E-state index is 13.5. The summed E-state index contributed by atoms with van der Waals surface area (Å²) in [5.74, 6) is 1.21. The summed E-state index contributed by atoms with van der Waals surface area (Å²) in [6.45, 7) is 2.75. The Kier molecular flexibility index (Phi) is 6.92. The van der Waals surface area contributed by atoms with Crippen molar-refractivity contribution >= 4 is 39.4 Å². The molecule has 2 N–H and O–H groups in total. The van der Waals surface area contributed by atoms with Crippen molar-refractivity contribution < 1.29 is 27.5 Å². The highest BCUT2D eigenvalue weighted by molar-refractivity contribution is 7.90. The Morgan fingerprint density at radius 1 is 1.00 bits per heavy atom. The van der Waals surface area contributed by atoms with Gasteiger partial charge in [-0.25, -0.2) is 22.7 Å². The molecule has 7 rings (SSSR count). The summed E-state index contributed by atoms with van der Waals surface area (Å²) in [6, 6.07) is 10.2. The van der Waals surface area contributed by atoms with E-state index in [1.54, 1.807) is 12.1 Å². The van der Waals surface area contributed by atoms with Gasteiger partial charge < -0.3 is 24.6 Å². The van der Waals surface area contributed by atoms with Gasteiger partial charge in [-0.1, -0.05) is 17.7 Å². The molecule has 224 valence electrons. The zero-order valence-corrected chi connectivity index (χ0v) is 24.9. The number of fused-ring (bicyclic) bond motifs is 6. The molecule has 42 heavy (non-hydrogen) atoms. The van der Waals surface area contributed by atoms with Crippen LogP contribution in [0.25, 0.3) is 0 Å². The molecule has 4 bridgehead atoms. The Balaban J connectivity index is 1.28. The number of carbonyl (C=O) groups is 2. The second kappa shape index (κ2) is 10.5. The quantitative estimate of drug-likeness (QED) is 0.460. The molecule has 2 aliphatic carbocycles. The number of nitrogens with zero attached hydrogens (tertiary/aromatic N) is 2. The van der Waals surface area contributed by atoms with E-state index in [0.29, 0.717) is 61.6 Å². The highest BCUT2D eigenvalue weighted by Gasteiger charge is 2.44. The van der Waals surface area contributed by atoms with E-state index in [4.69, 9.17) is 21.1 Å². The Bertz CT molecular complexity index is 1540. The number of rotatable bonds is 0. The van der Waals surface area contributed by atoms with Crippen molar-refractivity contribution in [1.29, 1.82) is 0 Å². The first kappa shape index (κ1) is 27.6. The molecule has 10 nitrogen and oxygen atoms in total.